The molecular weight excluding hydrogens is 442 g/mol. The van der Waals surface area contributed by atoms with Gasteiger partial charge in [-0.05, 0) is 30.5 Å². The molecule has 1 fully saturated rings. The van der Waals surface area contributed by atoms with Gasteiger partial charge in [0, 0.05) is 37.3 Å². The van der Waals surface area contributed by atoms with Crippen LogP contribution >= 0.6 is 0 Å². The fourth-order valence-electron chi connectivity index (χ4n) is 4.28. The van der Waals surface area contributed by atoms with Gasteiger partial charge in [0.15, 0.2) is 5.78 Å². The number of carbonyl (C=O) groups is 2. The molecule has 176 valence electrons. The summed E-state index contributed by atoms with van der Waals surface area (Å²) in [6.45, 7) is 0.140. The van der Waals surface area contributed by atoms with Crippen molar-refractivity contribution >= 4 is 17.5 Å². The smallest absolute Gasteiger partial charge is 0.322 e. The molecule has 1 aliphatic heterocycles. The Morgan fingerprint density at radius 3 is 2.18 bits per heavy atom. The second kappa shape index (κ2) is 10.0. The Kier molecular flexibility index (Phi) is 6.93. The first-order valence-corrected chi connectivity index (χ1v) is 10.9. The number of nitrogens with zero attached hydrogens (tertiary/aromatic N) is 3. The summed E-state index contributed by atoms with van der Waals surface area (Å²) in [7, 11) is 0. The van der Waals surface area contributed by atoms with Gasteiger partial charge in [-0.2, -0.15) is 0 Å². The van der Waals surface area contributed by atoms with Gasteiger partial charge < -0.3 is 15.3 Å². The number of rotatable bonds is 6. The highest BCUT2D eigenvalue weighted by molar-refractivity contribution is 5.96. The molecule has 0 radical (unpaired) electrons. The lowest BCUT2D eigenvalue weighted by Gasteiger charge is -2.42. The Balaban J connectivity index is 1.51. The van der Waals surface area contributed by atoms with Gasteiger partial charge in [-0.3, -0.25) is 4.79 Å². The van der Waals surface area contributed by atoms with Crippen LogP contribution in [0.3, 0.4) is 0 Å². The van der Waals surface area contributed by atoms with Crippen LogP contribution < -0.4 is 5.32 Å². The standard InChI is InChI=1S/C25H24F2N4O3/c26-19-7-4-8-20(27)23(19)30-24(34)31-11-9-25(10-12-31,18-5-2-1-3-6-18)13-22-28-14-17(15-29-22)21(33)16-32/h1-8,14-15,32H,9-13,16H2,(H,30,34). The van der Waals surface area contributed by atoms with Crippen molar-refractivity contribution in [1.29, 1.82) is 0 Å². The number of ketones is 1. The minimum Gasteiger partial charge on any atom is -0.388 e. The van der Waals surface area contributed by atoms with Gasteiger partial charge in [-0.1, -0.05) is 36.4 Å². The monoisotopic (exact) mass is 466 g/mol. The van der Waals surface area contributed by atoms with E-state index in [9.17, 15) is 18.4 Å². The van der Waals surface area contributed by atoms with E-state index < -0.39 is 35.7 Å². The van der Waals surface area contributed by atoms with Crippen LogP contribution in [-0.4, -0.2) is 51.5 Å². The van der Waals surface area contributed by atoms with Crippen molar-refractivity contribution in [2.24, 2.45) is 0 Å². The van der Waals surface area contributed by atoms with Gasteiger partial charge in [0.2, 0.25) is 0 Å². The van der Waals surface area contributed by atoms with E-state index in [4.69, 9.17) is 5.11 Å². The highest BCUT2D eigenvalue weighted by atomic mass is 19.1. The van der Waals surface area contributed by atoms with Gasteiger partial charge >= 0.3 is 6.03 Å². The third-order valence-corrected chi connectivity index (χ3v) is 6.26. The van der Waals surface area contributed by atoms with E-state index in [2.05, 4.69) is 15.3 Å². The number of aliphatic hydroxyl groups excluding tert-OH is 1. The van der Waals surface area contributed by atoms with Crippen LogP contribution in [-0.2, 0) is 11.8 Å². The molecule has 0 saturated carbocycles. The molecule has 1 aliphatic rings. The molecule has 2 heterocycles. The number of hydrogen-bond acceptors (Lipinski definition) is 5. The van der Waals surface area contributed by atoms with Crippen LogP contribution in [0.2, 0.25) is 0 Å². The molecule has 0 spiro atoms. The minimum atomic E-state index is -0.829. The zero-order valence-electron chi connectivity index (χ0n) is 18.4. The number of urea groups is 1. The molecule has 9 heteroatoms. The number of anilines is 1. The SMILES string of the molecule is O=C(CO)c1cnc(CC2(c3ccccc3)CCN(C(=O)Nc3c(F)cccc3F)CC2)nc1. The number of amides is 2. The molecule has 3 aromatic rings. The van der Waals surface area contributed by atoms with Crippen molar-refractivity contribution in [2.45, 2.75) is 24.7 Å². The van der Waals surface area contributed by atoms with Gasteiger partial charge in [0.25, 0.3) is 0 Å². The highest BCUT2D eigenvalue weighted by Crippen LogP contribution is 2.38. The molecule has 0 atom stereocenters. The van der Waals surface area contributed by atoms with Crippen molar-refractivity contribution < 1.29 is 23.5 Å². The number of para-hydroxylation sites is 1. The molecule has 2 N–H and O–H groups in total. The summed E-state index contributed by atoms with van der Waals surface area (Å²) in [5.41, 5.74) is 0.503. The lowest BCUT2D eigenvalue weighted by atomic mass is 9.70. The topological polar surface area (TPSA) is 95.4 Å². The summed E-state index contributed by atoms with van der Waals surface area (Å²) in [4.78, 5) is 34.5. The second-order valence-corrected chi connectivity index (χ2v) is 8.31. The number of likely N-dealkylation sites (tertiary alicyclic amines) is 1. The summed E-state index contributed by atoms with van der Waals surface area (Å²) >= 11 is 0. The average molecular weight is 466 g/mol. The van der Waals surface area contributed by atoms with Crippen molar-refractivity contribution in [3.05, 3.63) is 89.5 Å². The van der Waals surface area contributed by atoms with Crippen molar-refractivity contribution in [3.8, 4) is 0 Å². The van der Waals surface area contributed by atoms with Crippen LogP contribution in [0.15, 0.2) is 60.9 Å². The highest BCUT2D eigenvalue weighted by Gasteiger charge is 2.38. The van der Waals surface area contributed by atoms with Crippen molar-refractivity contribution in [2.75, 3.05) is 25.0 Å². The van der Waals surface area contributed by atoms with Crippen LogP contribution in [0.1, 0.15) is 34.6 Å². The zero-order chi connectivity index (χ0) is 24.1. The van der Waals surface area contributed by atoms with E-state index in [1.54, 1.807) is 0 Å². The third-order valence-electron chi connectivity index (χ3n) is 6.26. The summed E-state index contributed by atoms with van der Waals surface area (Å²) in [5.74, 6) is -1.56. The Morgan fingerprint density at radius 1 is 0.971 bits per heavy atom. The number of nitrogens with one attached hydrogen (secondary N) is 1. The van der Waals surface area contributed by atoms with Crippen molar-refractivity contribution in [1.82, 2.24) is 14.9 Å². The second-order valence-electron chi connectivity index (χ2n) is 8.31. The number of carbonyl (C=O) groups excluding carboxylic acids is 2. The predicted octanol–water partition coefficient (Wildman–Crippen LogP) is 3.74. The maximum Gasteiger partial charge on any atom is 0.322 e. The Bertz CT molecular complexity index is 1140. The van der Waals surface area contributed by atoms with Crippen LogP contribution in [0, 0.1) is 11.6 Å². The van der Waals surface area contributed by atoms with Crippen LogP contribution in [0.25, 0.3) is 0 Å². The number of hydrogen-bond donors (Lipinski definition) is 2. The van der Waals surface area contributed by atoms with Gasteiger partial charge in [-0.15, -0.1) is 0 Å². The van der Waals surface area contributed by atoms with Crippen LogP contribution in [0.4, 0.5) is 19.3 Å². The van der Waals surface area contributed by atoms with E-state index in [1.165, 1.54) is 23.4 Å². The number of Topliss-reactive ketones (excluding diaryl/α,β-unsaturated/α-hetero) is 1. The first kappa shape index (κ1) is 23.4. The molecule has 0 bridgehead atoms. The maximum absolute atomic E-state index is 13.9. The number of piperidine rings is 1. The lowest BCUT2D eigenvalue weighted by Crippen LogP contribution is -2.48. The average Bonchev–Trinajstić information content (AvgIpc) is 2.87. The number of benzene rings is 2. The Morgan fingerprint density at radius 2 is 1.59 bits per heavy atom. The van der Waals surface area contributed by atoms with E-state index in [1.807, 2.05) is 30.3 Å². The normalized spacial score (nSPS) is 15.1. The van der Waals surface area contributed by atoms with Crippen molar-refractivity contribution in [3.63, 3.8) is 0 Å². The predicted molar refractivity (Wildman–Crippen MR) is 121 cm³/mol. The summed E-state index contributed by atoms with van der Waals surface area (Å²) in [6.07, 6.45) is 4.48. The first-order chi connectivity index (χ1) is 16.4. The molecule has 1 aromatic heterocycles. The fraction of sp³-hybridized carbons (Fsp3) is 0.280. The fourth-order valence-corrected chi connectivity index (χ4v) is 4.28. The molecular formula is C25H24F2N4O3. The lowest BCUT2D eigenvalue weighted by molar-refractivity contribution is 0.0903. The number of aliphatic hydroxyl groups is 1. The minimum absolute atomic E-state index is 0.242. The quantitative estimate of drug-likeness (QED) is 0.540. The molecule has 2 aromatic carbocycles. The first-order valence-electron chi connectivity index (χ1n) is 10.9. The molecule has 34 heavy (non-hydrogen) atoms. The third kappa shape index (κ3) is 4.94. The Hall–Kier alpha value is -3.72. The summed E-state index contributed by atoms with van der Waals surface area (Å²) in [5, 5.41) is 11.4. The molecule has 4 rings (SSSR count). The van der Waals surface area contributed by atoms with E-state index in [0.29, 0.717) is 38.2 Å². The molecule has 0 aliphatic carbocycles. The number of halogens is 2. The van der Waals surface area contributed by atoms with Gasteiger partial charge in [-0.25, -0.2) is 23.5 Å². The largest absolute Gasteiger partial charge is 0.388 e. The molecule has 1 saturated heterocycles. The van der Waals surface area contributed by atoms with Gasteiger partial charge in [0.05, 0.1) is 5.56 Å². The molecule has 7 nitrogen and oxygen atoms in total. The Labute approximate surface area is 195 Å². The number of aromatic nitrogens is 2. The zero-order valence-corrected chi connectivity index (χ0v) is 18.4. The van der Waals surface area contributed by atoms with Gasteiger partial charge in [0.1, 0.15) is 29.8 Å². The van der Waals surface area contributed by atoms with E-state index in [0.717, 1.165) is 17.7 Å². The van der Waals surface area contributed by atoms with Crippen LogP contribution in [0.5, 0.6) is 0 Å². The summed E-state index contributed by atoms with van der Waals surface area (Å²) < 4.78 is 27.9. The van der Waals surface area contributed by atoms with E-state index in [-0.39, 0.29) is 11.0 Å². The van der Waals surface area contributed by atoms with E-state index >= 15 is 0 Å². The summed E-state index contributed by atoms with van der Waals surface area (Å²) in [6, 6.07) is 12.7. The maximum atomic E-state index is 13.9. The molecule has 0 unspecified atom stereocenters. The molecule has 2 amide bonds.